The van der Waals surface area contributed by atoms with E-state index in [1.165, 1.54) is 12.1 Å². The van der Waals surface area contributed by atoms with Crippen LogP contribution in [0.5, 0.6) is 0 Å². The number of nitro groups is 1. The number of rotatable bonds is 6. The second-order valence-electron chi connectivity index (χ2n) is 5.36. The number of nitrogens with zero attached hydrogens (tertiary/aromatic N) is 2. The Morgan fingerprint density at radius 1 is 1.24 bits per heavy atom. The van der Waals surface area contributed by atoms with E-state index in [1.54, 1.807) is 0 Å². The van der Waals surface area contributed by atoms with Gasteiger partial charge in [0.15, 0.2) is 0 Å². The molecule has 10 heteroatoms. The van der Waals surface area contributed by atoms with Crippen molar-refractivity contribution in [2.75, 3.05) is 11.9 Å². The average Bonchev–Trinajstić information content (AvgIpc) is 2.96. The monoisotopic (exact) mass is 361 g/mol. The summed E-state index contributed by atoms with van der Waals surface area (Å²) in [5.41, 5.74) is 1.63. The molecular formula is C15H15N5O4S. The molecule has 0 fully saturated rings. The van der Waals surface area contributed by atoms with Crippen LogP contribution in [0.2, 0.25) is 0 Å². The van der Waals surface area contributed by atoms with E-state index in [0.29, 0.717) is 13.0 Å². The van der Waals surface area contributed by atoms with Gasteiger partial charge in [-0.15, -0.1) is 0 Å². The molecule has 0 spiro atoms. The number of imidazole rings is 1. The van der Waals surface area contributed by atoms with Crippen LogP contribution in [0.4, 0.5) is 11.4 Å². The summed E-state index contributed by atoms with van der Waals surface area (Å²) >= 11 is 0. The van der Waals surface area contributed by atoms with Gasteiger partial charge in [-0.3, -0.25) is 10.1 Å². The highest BCUT2D eigenvalue weighted by Gasteiger charge is 2.18. The van der Waals surface area contributed by atoms with Gasteiger partial charge in [-0.2, -0.15) is 0 Å². The Bertz CT molecular complexity index is 1010. The fraction of sp³-hybridized carbons (Fsp3) is 0.133. The van der Waals surface area contributed by atoms with E-state index in [9.17, 15) is 18.5 Å². The Labute approximate surface area is 143 Å². The highest BCUT2D eigenvalue weighted by molar-refractivity contribution is 7.89. The van der Waals surface area contributed by atoms with E-state index in [2.05, 4.69) is 15.3 Å². The van der Waals surface area contributed by atoms with Crippen molar-refractivity contribution < 1.29 is 13.3 Å². The molecule has 3 rings (SSSR count). The summed E-state index contributed by atoms with van der Waals surface area (Å²) in [6, 6.07) is 11.1. The summed E-state index contributed by atoms with van der Waals surface area (Å²) in [4.78, 5) is 17.8. The third-order valence-corrected chi connectivity index (χ3v) is 4.52. The molecule has 0 unspecified atom stereocenters. The van der Waals surface area contributed by atoms with Gasteiger partial charge < -0.3 is 10.3 Å². The zero-order valence-electron chi connectivity index (χ0n) is 13.0. The second-order valence-corrected chi connectivity index (χ2v) is 6.92. The second kappa shape index (κ2) is 6.49. The molecule has 0 atom stereocenters. The quantitative estimate of drug-likeness (QED) is 0.451. The third kappa shape index (κ3) is 3.75. The molecule has 1 aromatic heterocycles. The number of hydrogen-bond acceptors (Lipinski definition) is 6. The summed E-state index contributed by atoms with van der Waals surface area (Å²) in [5, 5.41) is 19.1. The molecule has 3 aromatic rings. The zero-order valence-corrected chi connectivity index (χ0v) is 13.8. The number of aromatic amines is 1. The van der Waals surface area contributed by atoms with Crippen molar-refractivity contribution in [3.05, 3.63) is 58.4 Å². The minimum atomic E-state index is -4.00. The number of para-hydroxylation sites is 2. The zero-order chi connectivity index (χ0) is 18.0. The fourth-order valence-electron chi connectivity index (χ4n) is 2.43. The van der Waals surface area contributed by atoms with Gasteiger partial charge in [-0.25, -0.2) is 18.5 Å². The molecule has 0 saturated carbocycles. The SMILES string of the molecule is NS(=O)(=O)c1ccc(NCCc2nc3ccccc3[nH]2)c([N+](=O)[O-])c1. The lowest BCUT2D eigenvalue weighted by molar-refractivity contribution is -0.384. The predicted octanol–water partition coefficient (Wildman–Crippen LogP) is 1.77. The summed E-state index contributed by atoms with van der Waals surface area (Å²) < 4.78 is 22.7. The normalized spacial score (nSPS) is 11.6. The molecule has 0 saturated heterocycles. The van der Waals surface area contributed by atoms with Gasteiger partial charge in [0.25, 0.3) is 5.69 Å². The van der Waals surface area contributed by atoms with Crippen LogP contribution >= 0.6 is 0 Å². The topological polar surface area (TPSA) is 144 Å². The first-order valence-corrected chi connectivity index (χ1v) is 8.88. The van der Waals surface area contributed by atoms with Gasteiger partial charge in [0.05, 0.1) is 20.9 Å². The van der Waals surface area contributed by atoms with Crippen LogP contribution in [0.15, 0.2) is 47.4 Å². The lowest BCUT2D eigenvalue weighted by Gasteiger charge is -2.07. The van der Waals surface area contributed by atoms with E-state index in [-0.39, 0.29) is 16.3 Å². The molecule has 4 N–H and O–H groups in total. The number of nitrogens with one attached hydrogen (secondary N) is 2. The number of fused-ring (bicyclic) bond motifs is 1. The summed E-state index contributed by atoms with van der Waals surface area (Å²) in [6.07, 6.45) is 0.517. The average molecular weight is 361 g/mol. The number of anilines is 1. The number of sulfonamides is 1. The lowest BCUT2D eigenvalue weighted by atomic mass is 10.2. The minimum absolute atomic E-state index is 0.216. The maximum absolute atomic E-state index is 11.3. The molecule has 0 aliphatic rings. The van der Waals surface area contributed by atoms with Gasteiger partial charge >= 0.3 is 0 Å². The lowest BCUT2D eigenvalue weighted by Crippen LogP contribution is -2.13. The predicted molar refractivity (Wildman–Crippen MR) is 92.8 cm³/mol. The van der Waals surface area contributed by atoms with Gasteiger partial charge in [0.1, 0.15) is 11.5 Å². The largest absolute Gasteiger partial charge is 0.379 e. The van der Waals surface area contributed by atoms with Crippen LogP contribution in [0, 0.1) is 10.1 Å². The highest BCUT2D eigenvalue weighted by Crippen LogP contribution is 2.27. The van der Waals surface area contributed by atoms with Crippen molar-refractivity contribution in [2.45, 2.75) is 11.3 Å². The van der Waals surface area contributed by atoms with Crippen LogP contribution in [0.1, 0.15) is 5.82 Å². The molecule has 0 aliphatic heterocycles. The molecule has 1 heterocycles. The van der Waals surface area contributed by atoms with Crippen LogP contribution < -0.4 is 10.5 Å². The maximum atomic E-state index is 11.3. The van der Waals surface area contributed by atoms with Crippen molar-refractivity contribution in [3.63, 3.8) is 0 Å². The molecule has 25 heavy (non-hydrogen) atoms. The smallest absolute Gasteiger partial charge is 0.293 e. The van der Waals surface area contributed by atoms with Crippen molar-refractivity contribution in [1.29, 1.82) is 0 Å². The standard InChI is InChI=1S/C15H15N5O4S/c16-25(23,24)10-5-6-13(14(9-10)20(21)22)17-8-7-15-18-11-3-1-2-4-12(11)19-15/h1-6,9,17H,7-8H2,(H,18,19)(H2,16,23,24). The number of H-pyrrole nitrogens is 1. The molecule has 0 radical (unpaired) electrons. The molecule has 0 aliphatic carbocycles. The molecule has 9 nitrogen and oxygen atoms in total. The number of nitrogens with two attached hydrogens (primary N) is 1. The number of nitro benzene ring substituents is 1. The summed E-state index contributed by atoms with van der Waals surface area (Å²) in [5.74, 6) is 0.748. The third-order valence-electron chi connectivity index (χ3n) is 3.61. The van der Waals surface area contributed by atoms with E-state index < -0.39 is 14.9 Å². The van der Waals surface area contributed by atoms with E-state index in [0.717, 1.165) is 22.9 Å². The van der Waals surface area contributed by atoms with Gasteiger partial charge in [0, 0.05) is 19.0 Å². The molecule has 130 valence electrons. The molecular weight excluding hydrogens is 346 g/mol. The number of primary sulfonamides is 1. The van der Waals surface area contributed by atoms with Gasteiger partial charge in [0.2, 0.25) is 10.0 Å². The molecule has 0 bridgehead atoms. The first-order chi connectivity index (χ1) is 11.8. The van der Waals surface area contributed by atoms with Crippen molar-refractivity contribution in [3.8, 4) is 0 Å². The number of aromatic nitrogens is 2. The Morgan fingerprint density at radius 3 is 2.68 bits per heavy atom. The minimum Gasteiger partial charge on any atom is -0.379 e. The Hall–Kier alpha value is -2.98. The van der Waals surface area contributed by atoms with Crippen LogP contribution in [-0.2, 0) is 16.4 Å². The van der Waals surface area contributed by atoms with Crippen molar-refractivity contribution in [2.24, 2.45) is 5.14 Å². The Balaban J connectivity index is 1.75. The first kappa shape index (κ1) is 16.9. The summed E-state index contributed by atoms with van der Waals surface area (Å²) in [7, 11) is -4.00. The van der Waals surface area contributed by atoms with Gasteiger partial charge in [-0.05, 0) is 24.3 Å². The van der Waals surface area contributed by atoms with E-state index >= 15 is 0 Å². The Morgan fingerprint density at radius 2 is 2.00 bits per heavy atom. The first-order valence-electron chi connectivity index (χ1n) is 7.33. The van der Waals surface area contributed by atoms with E-state index in [4.69, 9.17) is 5.14 Å². The van der Waals surface area contributed by atoms with E-state index in [1.807, 2.05) is 24.3 Å². The van der Waals surface area contributed by atoms with Crippen LogP contribution in [-0.4, -0.2) is 29.9 Å². The fourth-order valence-corrected chi connectivity index (χ4v) is 2.96. The van der Waals surface area contributed by atoms with Crippen LogP contribution in [0.3, 0.4) is 0 Å². The van der Waals surface area contributed by atoms with Gasteiger partial charge in [-0.1, -0.05) is 12.1 Å². The Kier molecular flexibility index (Phi) is 4.38. The molecule has 2 aromatic carbocycles. The highest BCUT2D eigenvalue weighted by atomic mass is 32.2. The summed E-state index contributed by atoms with van der Waals surface area (Å²) in [6.45, 7) is 0.384. The van der Waals surface area contributed by atoms with Crippen molar-refractivity contribution >= 4 is 32.4 Å². The number of benzene rings is 2. The maximum Gasteiger partial charge on any atom is 0.293 e. The van der Waals surface area contributed by atoms with Crippen molar-refractivity contribution in [1.82, 2.24) is 9.97 Å². The molecule has 0 amide bonds. The number of hydrogen-bond donors (Lipinski definition) is 3. The van der Waals surface area contributed by atoms with Crippen LogP contribution in [0.25, 0.3) is 11.0 Å².